The van der Waals surface area contributed by atoms with E-state index < -0.39 is 29.2 Å². The van der Waals surface area contributed by atoms with Gasteiger partial charge in [-0.05, 0) is 33.7 Å². The molecule has 0 bridgehead atoms. The number of aliphatic carboxylic acids is 1. The maximum atomic E-state index is 13.0. The lowest BCUT2D eigenvalue weighted by molar-refractivity contribution is -0.158. The minimum atomic E-state index is -1.88. The van der Waals surface area contributed by atoms with Gasteiger partial charge in [0.2, 0.25) is 0 Å². The first-order chi connectivity index (χ1) is 15.8. The molecule has 0 unspecified atom stereocenters. The van der Waals surface area contributed by atoms with Crippen molar-refractivity contribution in [2.24, 2.45) is 0 Å². The van der Waals surface area contributed by atoms with E-state index in [2.05, 4.69) is 0 Å². The third-order valence-corrected chi connectivity index (χ3v) is 6.00. The second-order valence-corrected chi connectivity index (χ2v) is 8.12. The summed E-state index contributed by atoms with van der Waals surface area (Å²) in [7, 11) is 0. The van der Waals surface area contributed by atoms with Gasteiger partial charge in [-0.1, -0.05) is 83.3 Å². The van der Waals surface area contributed by atoms with Gasteiger partial charge in [-0.15, -0.1) is 0 Å². The monoisotopic (exact) mass is 502 g/mol. The summed E-state index contributed by atoms with van der Waals surface area (Å²) in [6.45, 7) is -0.145. The Balaban J connectivity index is 1.75. The lowest BCUT2D eigenvalue weighted by atomic mass is 9.97. The molecule has 166 valence electrons. The van der Waals surface area contributed by atoms with Crippen molar-refractivity contribution in [3.63, 3.8) is 0 Å². The second kappa shape index (κ2) is 9.27. The smallest absolute Gasteiger partial charge is 0.422 e. The van der Waals surface area contributed by atoms with Crippen LogP contribution in [0.3, 0.4) is 0 Å². The molecule has 33 heavy (non-hydrogen) atoms. The molecule has 0 radical (unpaired) electrons. The topological polar surface area (TPSA) is 89.9 Å². The molecule has 1 N–H and O–H groups in total. The minimum absolute atomic E-state index is 0.0978. The highest BCUT2D eigenvalue weighted by atomic mass is 35.5. The van der Waals surface area contributed by atoms with Crippen LogP contribution in [0.4, 0.5) is 0 Å². The number of benzene rings is 4. The number of carbonyl (C=O) groups excluding carboxylic acids is 2. The predicted molar refractivity (Wildman–Crippen MR) is 125 cm³/mol. The van der Waals surface area contributed by atoms with Gasteiger partial charge >= 0.3 is 17.9 Å². The minimum Gasteiger partial charge on any atom is -0.473 e. The van der Waals surface area contributed by atoms with Crippen LogP contribution in [0.5, 0.6) is 5.75 Å². The van der Waals surface area contributed by atoms with Gasteiger partial charge in [-0.2, -0.15) is 0 Å². The molecule has 9 heteroatoms. The zero-order valence-electron chi connectivity index (χ0n) is 16.6. The number of fused-ring (bicyclic) bond motifs is 2. The SMILES string of the molecule is O=C(O)C(=O)Oc1c(Cl)cc(Cl)c(Cl)c1C(=O)OCc1c2ccccc2cc2ccccc12. The third-order valence-electron chi connectivity index (χ3n) is 4.93. The quantitative estimate of drug-likeness (QED) is 0.116. The average molecular weight is 504 g/mol. The molecule has 4 aromatic carbocycles. The number of carboxylic acids is 1. The maximum Gasteiger partial charge on any atom is 0.422 e. The number of ether oxygens (including phenoxy) is 2. The van der Waals surface area contributed by atoms with Crippen molar-refractivity contribution >= 4 is 74.3 Å². The molecule has 0 atom stereocenters. The molecule has 0 fully saturated rings. The molecule has 4 rings (SSSR count). The Morgan fingerprint density at radius 1 is 0.818 bits per heavy atom. The fraction of sp³-hybridized carbons (Fsp3) is 0.0417. The number of halogens is 3. The lowest BCUT2D eigenvalue weighted by Crippen LogP contribution is -2.21. The van der Waals surface area contributed by atoms with E-state index in [0.29, 0.717) is 0 Å². The van der Waals surface area contributed by atoms with E-state index in [-0.39, 0.29) is 21.7 Å². The molecule has 0 aromatic heterocycles. The fourth-order valence-corrected chi connectivity index (χ4v) is 4.19. The summed E-state index contributed by atoms with van der Waals surface area (Å²) in [6.07, 6.45) is 0. The van der Waals surface area contributed by atoms with Gasteiger partial charge in [-0.25, -0.2) is 14.4 Å². The summed E-state index contributed by atoms with van der Waals surface area (Å²) in [5.74, 6) is -5.07. The van der Waals surface area contributed by atoms with Crippen molar-refractivity contribution in [3.8, 4) is 5.75 Å². The second-order valence-electron chi connectivity index (χ2n) is 6.93. The number of hydrogen-bond acceptors (Lipinski definition) is 5. The summed E-state index contributed by atoms with van der Waals surface area (Å²) < 4.78 is 10.3. The van der Waals surface area contributed by atoms with Crippen LogP contribution in [0.1, 0.15) is 15.9 Å². The van der Waals surface area contributed by atoms with E-state index in [0.717, 1.165) is 33.2 Å². The number of esters is 2. The fourth-order valence-electron chi connectivity index (χ4n) is 3.47. The molecule has 0 heterocycles. The number of carboxylic acid groups (broad SMARTS) is 1. The highest BCUT2D eigenvalue weighted by Gasteiger charge is 2.28. The Hall–Kier alpha value is -3.32. The maximum absolute atomic E-state index is 13.0. The first kappa shape index (κ1) is 22.9. The van der Waals surface area contributed by atoms with Crippen molar-refractivity contribution in [2.45, 2.75) is 6.61 Å². The van der Waals surface area contributed by atoms with Crippen LogP contribution < -0.4 is 4.74 Å². The van der Waals surface area contributed by atoms with Crippen molar-refractivity contribution < 1.29 is 29.0 Å². The van der Waals surface area contributed by atoms with E-state index in [1.165, 1.54) is 0 Å². The highest BCUT2D eigenvalue weighted by Crippen LogP contribution is 2.40. The van der Waals surface area contributed by atoms with E-state index in [4.69, 9.17) is 49.4 Å². The normalized spacial score (nSPS) is 10.9. The molecule has 0 saturated heterocycles. The molecule has 0 amide bonds. The van der Waals surface area contributed by atoms with Gasteiger partial charge in [0.25, 0.3) is 0 Å². The first-order valence-electron chi connectivity index (χ1n) is 9.47. The number of carbonyl (C=O) groups is 3. The Bertz CT molecular complexity index is 1390. The highest BCUT2D eigenvalue weighted by molar-refractivity contribution is 6.46. The van der Waals surface area contributed by atoms with Crippen LogP contribution in [0.15, 0.2) is 60.7 Å². The van der Waals surface area contributed by atoms with Gasteiger partial charge in [0.15, 0.2) is 5.75 Å². The van der Waals surface area contributed by atoms with Gasteiger partial charge in [0.1, 0.15) is 12.2 Å². The van der Waals surface area contributed by atoms with E-state index >= 15 is 0 Å². The standard InChI is InChI=1S/C24H13Cl3O6/c25-17-10-18(26)21(33-24(31)22(28)29)19(20(17)27)23(30)32-11-16-14-7-3-1-5-12(14)9-13-6-2-4-8-15(13)16/h1-10H,11H2,(H,28,29). The van der Waals surface area contributed by atoms with Crippen LogP contribution in [-0.2, 0) is 20.9 Å². The summed E-state index contributed by atoms with van der Waals surface area (Å²) >= 11 is 18.2. The van der Waals surface area contributed by atoms with Crippen LogP contribution >= 0.6 is 34.8 Å². The molecule has 4 aromatic rings. The molecule has 6 nitrogen and oxygen atoms in total. The third kappa shape index (κ3) is 4.46. The largest absolute Gasteiger partial charge is 0.473 e. The molecule has 0 spiro atoms. The van der Waals surface area contributed by atoms with Gasteiger partial charge in [-0.3, -0.25) is 0 Å². The molecular formula is C24H13Cl3O6. The zero-order valence-corrected chi connectivity index (χ0v) is 18.9. The van der Waals surface area contributed by atoms with Crippen LogP contribution in [0, 0.1) is 0 Å². The van der Waals surface area contributed by atoms with Crippen LogP contribution in [0.25, 0.3) is 21.5 Å². The van der Waals surface area contributed by atoms with Crippen LogP contribution in [0.2, 0.25) is 15.1 Å². The van der Waals surface area contributed by atoms with Gasteiger partial charge in [0, 0.05) is 5.56 Å². The molecule has 0 saturated carbocycles. The van der Waals surface area contributed by atoms with E-state index in [1.54, 1.807) is 0 Å². The Morgan fingerprint density at radius 3 is 1.97 bits per heavy atom. The van der Waals surface area contributed by atoms with E-state index in [9.17, 15) is 14.4 Å². The Kier molecular flexibility index (Phi) is 6.42. The van der Waals surface area contributed by atoms with Crippen molar-refractivity contribution in [1.82, 2.24) is 0 Å². The summed E-state index contributed by atoms with van der Waals surface area (Å²) in [5, 5.41) is 11.9. The lowest BCUT2D eigenvalue weighted by Gasteiger charge is -2.15. The van der Waals surface area contributed by atoms with Crippen molar-refractivity contribution in [3.05, 3.63) is 86.9 Å². The number of hydrogen-bond donors (Lipinski definition) is 1. The average Bonchev–Trinajstić information content (AvgIpc) is 2.80. The number of rotatable bonds is 4. The predicted octanol–water partition coefficient (Wildman–Crippen LogP) is 6.30. The molecular weight excluding hydrogens is 491 g/mol. The summed E-state index contributed by atoms with van der Waals surface area (Å²) in [6, 6.07) is 18.4. The summed E-state index contributed by atoms with van der Waals surface area (Å²) in [4.78, 5) is 35.5. The molecule has 0 aliphatic heterocycles. The van der Waals surface area contributed by atoms with Crippen LogP contribution in [-0.4, -0.2) is 23.0 Å². The van der Waals surface area contributed by atoms with Gasteiger partial charge < -0.3 is 14.6 Å². The Labute approximate surface area is 202 Å². The zero-order chi connectivity index (χ0) is 23.7. The Morgan fingerprint density at radius 2 is 1.39 bits per heavy atom. The molecule has 0 aliphatic rings. The van der Waals surface area contributed by atoms with Crippen molar-refractivity contribution in [1.29, 1.82) is 0 Å². The summed E-state index contributed by atoms with van der Waals surface area (Å²) in [5.41, 5.74) is 0.304. The van der Waals surface area contributed by atoms with E-state index in [1.807, 2.05) is 54.6 Å². The first-order valence-corrected chi connectivity index (χ1v) is 10.6. The van der Waals surface area contributed by atoms with Crippen molar-refractivity contribution in [2.75, 3.05) is 0 Å². The molecule has 0 aliphatic carbocycles. The van der Waals surface area contributed by atoms with Gasteiger partial charge in [0.05, 0.1) is 15.1 Å².